The van der Waals surface area contributed by atoms with Crippen LogP contribution in [0.1, 0.15) is 35.8 Å². The van der Waals surface area contributed by atoms with Gasteiger partial charge in [-0.1, -0.05) is 17.7 Å². The van der Waals surface area contributed by atoms with Crippen molar-refractivity contribution in [1.82, 2.24) is 14.9 Å². The van der Waals surface area contributed by atoms with Gasteiger partial charge < -0.3 is 31.5 Å². The van der Waals surface area contributed by atoms with Gasteiger partial charge in [-0.15, -0.1) is 0 Å². The molecule has 0 saturated carbocycles. The van der Waals surface area contributed by atoms with Gasteiger partial charge in [0.1, 0.15) is 5.75 Å². The molecule has 2 aromatic rings. The van der Waals surface area contributed by atoms with Gasteiger partial charge in [-0.3, -0.25) is 9.36 Å². The van der Waals surface area contributed by atoms with Crippen molar-refractivity contribution in [2.24, 2.45) is 5.73 Å². The van der Waals surface area contributed by atoms with Crippen molar-refractivity contribution in [1.29, 1.82) is 0 Å². The molecule has 9 nitrogen and oxygen atoms in total. The van der Waals surface area contributed by atoms with Gasteiger partial charge in [0.15, 0.2) is 11.5 Å². The molecule has 0 unspecified atom stereocenters. The summed E-state index contributed by atoms with van der Waals surface area (Å²) in [5.41, 5.74) is 6.90. The highest BCUT2D eigenvalue weighted by Crippen LogP contribution is 2.28. The number of carbonyl (C=O) groups is 1. The average molecular weight is 437 g/mol. The Bertz CT molecular complexity index is 866. The van der Waals surface area contributed by atoms with E-state index in [0.29, 0.717) is 56.9 Å². The summed E-state index contributed by atoms with van der Waals surface area (Å²) in [4.78, 5) is 17.6. The van der Waals surface area contributed by atoms with E-state index >= 15 is 0 Å². The smallest absolute Gasteiger partial charge is 0.271 e. The number of hydrogen-bond acceptors (Lipinski definition) is 7. The van der Waals surface area contributed by atoms with Gasteiger partial charge in [-0.05, 0) is 37.5 Å². The Morgan fingerprint density at radius 3 is 2.83 bits per heavy atom. The molecule has 1 saturated heterocycles. The van der Waals surface area contributed by atoms with E-state index < -0.39 is 0 Å². The number of anilines is 2. The third-order valence-electron chi connectivity index (χ3n) is 4.86. The number of hydrogen-bond donors (Lipinski definition) is 5. The molecule has 0 aliphatic carbocycles. The third-order valence-corrected chi connectivity index (χ3v) is 5.17. The zero-order valence-corrected chi connectivity index (χ0v) is 17.8. The number of nitrogens with two attached hydrogens (primary N) is 1. The lowest BCUT2D eigenvalue weighted by Crippen LogP contribution is -2.30. The van der Waals surface area contributed by atoms with E-state index in [1.54, 1.807) is 18.2 Å². The molecule has 1 aromatic carbocycles. The lowest BCUT2D eigenvalue weighted by Gasteiger charge is -2.24. The zero-order chi connectivity index (χ0) is 21.5. The van der Waals surface area contributed by atoms with Crippen LogP contribution in [-0.4, -0.2) is 59.5 Å². The molecule has 0 atom stereocenters. The molecule has 0 radical (unpaired) electrons. The van der Waals surface area contributed by atoms with Crippen LogP contribution < -0.4 is 21.7 Å². The largest absolute Gasteiger partial charge is 0.506 e. The average Bonchev–Trinajstić information content (AvgIpc) is 3.07. The number of amides is 1. The van der Waals surface area contributed by atoms with Gasteiger partial charge in [0.25, 0.3) is 5.91 Å². The number of phenolic OH excluding ortho intramolecular Hbond substituents is 1. The number of nitrogens with one attached hydrogen (secondary N) is 3. The Hall–Kier alpha value is -2.49. The second-order valence-electron chi connectivity index (χ2n) is 7.11. The number of aromatic nitrogens is 2. The van der Waals surface area contributed by atoms with Crippen molar-refractivity contribution in [3.8, 4) is 5.75 Å². The van der Waals surface area contributed by atoms with Gasteiger partial charge in [-0.25, -0.2) is 0 Å². The molecule has 30 heavy (non-hydrogen) atoms. The molecule has 1 aliphatic rings. The van der Waals surface area contributed by atoms with Crippen molar-refractivity contribution in [2.75, 3.05) is 43.5 Å². The second-order valence-corrected chi connectivity index (χ2v) is 7.52. The Kier molecular flexibility index (Phi) is 7.78. The number of nitrogens with zero attached hydrogens (tertiary/aromatic N) is 2. The molecule has 3 rings (SSSR count). The molecule has 0 spiro atoms. The van der Waals surface area contributed by atoms with Crippen molar-refractivity contribution < 1.29 is 14.6 Å². The third kappa shape index (κ3) is 5.35. The van der Waals surface area contributed by atoms with Gasteiger partial charge in [0.05, 0.1) is 11.6 Å². The maximum Gasteiger partial charge on any atom is 0.271 e. The summed E-state index contributed by atoms with van der Waals surface area (Å²) < 4.78 is 7.28. The number of benzene rings is 1. The van der Waals surface area contributed by atoms with Gasteiger partial charge in [0.2, 0.25) is 5.95 Å². The molecule has 2 heterocycles. The summed E-state index contributed by atoms with van der Waals surface area (Å²) >= 11 is 6.09. The monoisotopic (exact) mass is 436 g/mol. The van der Waals surface area contributed by atoms with Crippen LogP contribution in [0.15, 0.2) is 18.2 Å². The molecule has 1 amide bonds. The Morgan fingerprint density at radius 2 is 2.17 bits per heavy atom. The van der Waals surface area contributed by atoms with Crippen LogP contribution in [0.25, 0.3) is 0 Å². The zero-order valence-electron chi connectivity index (χ0n) is 17.1. The maximum absolute atomic E-state index is 12.9. The predicted molar refractivity (Wildman–Crippen MR) is 117 cm³/mol. The topological polar surface area (TPSA) is 126 Å². The lowest BCUT2D eigenvalue weighted by molar-refractivity contribution is 0.0901. The minimum Gasteiger partial charge on any atom is -0.506 e. The Morgan fingerprint density at radius 1 is 1.40 bits per heavy atom. The summed E-state index contributed by atoms with van der Waals surface area (Å²) in [6, 6.07) is 5.20. The first kappa shape index (κ1) is 22.2. The van der Waals surface area contributed by atoms with E-state index in [1.165, 1.54) is 0 Å². The van der Waals surface area contributed by atoms with Crippen molar-refractivity contribution in [3.63, 3.8) is 0 Å². The summed E-state index contributed by atoms with van der Waals surface area (Å²) in [6.45, 7) is 5.00. The first-order chi connectivity index (χ1) is 14.5. The molecular formula is C20H29ClN6O3. The minimum atomic E-state index is -0.227. The van der Waals surface area contributed by atoms with E-state index in [1.807, 2.05) is 11.5 Å². The SMILES string of the molecule is CCNC(=O)c1c(NCCN)nc(NC2CCOCC2)n1Cc1ccc(O)c(Cl)c1. The highest BCUT2D eigenvalue weighted by Gasteiger charge is 2.25. The van der Waals surface area contributed by atoms with Crippen LogP contribution in [-0.2, 0) is 11.3 Å². The van der Waals surface area contributed by atoms with E-state index in [4.69, 9.17) is 22.1 Å². The van der Waals surface area contributed by atoms with Crippen LogP contribution >= 0.6 is 11.6 Å². The summed E-state index contributed by atoms with van der Waals surface area (Å²) in [7, 11) is 0. The number of rotatable bonds is 9. The van der Waals surface area contributed by atoms with Crippen LogP contribution in [0, 0.1) is 0 Å². The molecule has 6 N–H and O–H groups in total. The number of aromatic hydroxyl groups is 1. The van der Waals surface area contributed by atoms with Gasteiger partial charge >= 0.3 is 0 Å². The van der Waals surface area contributed by atoms with Crippen molar-refractivity contribution in [2.45, 2.75) is 32.4 Å². The molecule has 1 fully saturated rings. The molecule has 10 heteroatoms. The Labute approximate surface area is 180 Å². The van der Waals surface area contributed by atoms with Gasteiger partial charge in [-0.2, -0.15) is 4.98 Å². The van der Waals surface area contributed by atoms with Gasteiger partial charge in [0, 0.05) is 38.9 Å². The fraction of sp³-hybridized carbons (Fsp3) is 0.500. The maximum atomic E-state index is 12.9. The minimum absolute atomic E-state index is 0.0147. The van der Waals surface area contributed by atoms with Crippen LogP contribution in [0.4, 0.5) is 11.8 Å². The standard InChI is InChI=1S/C20H29ClN6O3/c1-2-23-19(29)17-18(24-8-7-22)26-20(25-14-5-9-30-10-6-14)27(17)12-13-3-4-16(28)15(21)11-13/h3-4,11,14,24,28H,2,5-10,12,22H2,1H3,(H,23,29)(H,25,26). The van der Waals surface area contributed by atoms with E-state index in [0.717, 1.165) is 18.4 Å². The fourth-order valence-electron chi connectivity index (χ4n) is 3.36. The first-order valence-corrected chi connectivity index (χ1v) is 10.6. The van der Waals surface area contributed by atoms with Crippen LogP contribution in [0.3, 0.4) is 0 Å². The normalized spacial score (nSPS) is 14.5. The second kappa shape index (κ2) is 10.5. The number of phenols is 1. The van der Waals surface area contributed by atoms with Crippen molar-refractivity contribution >= 4 is 29.3 Å². The quantitative estimate of drug-likeness (QED) is 0.407. The lowest BCUT2D eigenvalue weighted by atomic mass is 10.1. The first-order valence-electron chi connectivity index (χ1n) is 10.2. The van der Waals surface area contributed by atoms with E-state index in [9.17, 15) is 9.90 Å². The summed E-state index contributed by atoms with van der Waals surface area (Å²) in [5, 5.41) is 19.5. The van der Waals surface area contributed by atoms with Crippen LogP contribution in [0.5, 0.6) is 5.75 Å². The highest BCUT2D eigenvalue weighted by atomic mass is 35.5. The van der Waals surface area contributed by atoms with Crippen LogP contribution in [0.2, 0.25) is 5.02 Å². The Balaban J connectivity index is 2.01. The van der Waals surface area contributed by atoms with E-state index in [2.05, 4.69) is 20.9 Å². The van der Waals surface area contributed by atoms with E-state index in [-0.39, 0.29) is 22.7 Å². The highest BCUT2D eigenvalue weighted by molar-refractivity contribution is 6.32. The molecule has 0 bridgehead atoms. The van der Waals surface area contributed by atoms with Crippen molar-refractivity contribution in [3.05, 3.63) is 34.5 Å². The molecule has 1 aliphatic heterocycles. The summed E-state index contributed by atoms with van der Waals surface area (Å²) in [5.74, 6) is 0.855. The number of carbonyl (C=O) groups excluding carboxylic acids is 1. The molecule has 1 aromatic heterocycles. The molecular weight excluding hydrogens is 408 g/mol. The summed E-state index contributed by atoms with van der Waals surface area (Å²) in [6.07, 6.45) is 1.72. The number of halogens is 1. The fourth-order valence-corrected chi connectivity index (χ4v) is 3.56. The predicted octanol–water partition coefficient (Wildman–Crippen LogP) is 2.00. The number of imidazole rings is 1. The molecule has 164 valence electrons. The number of ether oxygens (including phenoxy) is 1.